The van der Waals surface area contributed by atoms with Gasteiger partial charge < -0.3 is 8.98 Å². The van der Waals surface area contributed by atoms with Crippen molar-refractivity contribution in [2.24, 2.45) is 12.0 Å². The van der Waals surface area contributed by atoms with Gasteiger partial charge in [-0.05, 0) is 49.2 Å². The van der Waals surface area contributed by atoms with Gasteiger partial charge in [-0.1, -0.05) is 23.5 Å². The van der Waals surface area contributed by atoms with Crippen molar-refractivity contribution >= 4 is 38.4 Å². The number of rotatable bonds is 2. The molecule has 5 heteroatoms. The van der Waals surface area contributed by atoms with Crippen LogP contribution in [0.15, 0.2) is 52.1 Å². The summed E-state index contributed by atoms with van der Waals surface area (Å²) in [4.78, 5) is 17.5. The first-order valence-electron chi connectivity index (χ1n) is 8.12. The minimum Gasteiger partial charge on any atom is -0.464 e. The van der Waals surface area contributed by atoms with Crippen molar-refractivity contribution in [3.8, 4) is 0 Å². The van der Waals surface area contributed by atoms with E-state index >= 15 is 0 Å². The molecule has 0 unspecified atom stereocenters. The Morgan fingerprint density at radius 1 is 1.20 bits per heavy atom. The molecule has 0 spiro atoms. The fraction of sp³-hybridized carbons (Fsp3) is 0.200. The van der Waals surface area contributed by atoms with Crippen LogP contribution in [0.4, 0.5) is 0 Å². The Labute approximate surface area is 149 Å². The van der Waals surface area contributed by atoms with Crippen LogP contribution in [0.1, 0.15) is 16.7 Å². The summed E-state index contributed by atoms with van der Waals surface area (Å²) in [5.41, 5.74) is 5.16. The average Bonchev–Trinajstić information content (AvgIpc) is 3.10. The Bertz CT molecular complexity index is 1180. The normalized spacial score (nSPS) is 12.4. The zero-order chi connectivity index (χ0) is 17.6. The number of para-hydroxylation sites is 1. The molecule has 0 fully saturated rings. The number of fused-ring (bicyclic) bond motifs is 2. The number of benzene rings is 2. The van der Waals surface area contributed by atoms with Gasteiger partial charge in [0.2, 0.25) is 0 Å². The summed E-state index contributed by atoms with van der Waals surface area (Å²) in [7, 11) is 1.93. The van der Waals surface area contributed by atoms with Gasteiger partial charge in [0.25, 0.3) is 5.91 Å². The van der Waals surface area contributed by atoms with Crippen molar-refractivity contribution in [2.45, 2.75) is 20.3 Å². The predicted molar refractivity (Wildman–Crippen MR) is 101 cm³/mol. The van der Waals surface area contributed by atoms with Gasteiger partial charge in [-0.2, -0.15) is 4.99 Å². The lowest BCUT2D eigenvalue weighted by atomic mass is 10.0. The maximum atomic E-state index is 12.5. The van der Waals surface area contributed by atoms with Crippen LogP contribution < -0.4 is 4.80 Å². The summed E-state index contributed by atoms with van der Waals surface area (Å²) in [6, 6.07) is 12.1. The van der Waals surface area contributed by atoms with Gasteiger partial charge in [0, 0.05) is 18.0 Å². The molecule has 0 bridgehead atoms. The highest BCUT2D eigenvalue weighted by atomic mass is 32.1. The molecule has 126 valence electrons. The van der Waals surface area contributed by atoms with E-state index in [1.807, 2.05) is 41.9 Å². The maximum absolute atomic E-state index is 12.5. The quantitative estimate of drug-likeness (QED) is 0.542. The number of aryl methyl sites for hydroxylation is 3. The molecule has 4 nitrogen and oxygen atoms in total. The molecular formula is C20H18N2O2S. The van der Waals surface area contributed by atoms with Crippen molar-refractivity contribution in [3.05, 3.63) is 64.2 Å². The third-order valence-corrected chi connectivity index (χ3v) is 5.66. The van der Waals surface area contributed by atoms with E-state index in [1.165, 1.54) is 22.5 Å². The molecule has 0 aliphatic rings. The van der Waals surface area contributed by atoms with Gasteiger partial charge in [-0.15, -0.1) is 0 Å². The molecule has 0 saturated carbocycles. The highest BCUT2D eigenvalue weighted by Crippen LogP contribution is 2.25. The van der Waals surface area contributed by atoms with E-state index in [0.29, 0.717) is 4.80 Å². The summed E-state index contributed by atoms with van der Waals surface area (Å²) in [5.74, 6) is -0.164. The summed E-state index contributed by atoms with van der Waals surface area (Å²) in [6.07, 6.45) is 1.91. The first kappa shape index (κ1) is 15.8. The second kappa shape index (κ2) is 6.01. The SMILES string of the molecule is Cc1cc2occ(CC(=O)N=c3sc4ccccc4n3C)c2cc1C. The number of hydrogen-bond donors (Lipinski definition) is 0. The van der Waals surface area contributed by atoms with Crippen LogP contribution in [0.5, 0.6) is 0 Å². The molecule has 4 aromatic rings. The van der Waals surface area contributed by atoms with Crippen LogP contribution in [-0.2, 0) is 18.3 Å². The van der Waals surface area contributed by atoms with Gasteiger partial charge >= 0.3 is 0 Å². The number of nitrogens with zero attached hydrogens (tertiary/aromatic N) is 2. The van der Waals surface area contributed by atoms with Crippen LogP contribution >= 0.6 is 11.3 Å². The third kappa shape index (κ3) is 2.81. The monoisotopic (exact) mass is 350 g/mol. The van der Waals surface area contributed by atoms with Gasteiger partial charge in [-0.25, -0.2) is 0 Å². The third-order valence-electron chi connectivity index (χ3n) is 4.55. The van der Waals surface area contributed by atoms with E-state index < -0.39 is 0 Å². The summed E-state index contributed by atoms with van der Waals surface area (Å²) in [6.45, 7) is 4.12. The fourth-order valence-corrected chi connectivity index (χ4v) is 4.01. The number of carbonyl (C=O) groups is 1. The molecule has 0 atom stereocenters. The summed E-state index contributed by atoms with van der Waals surface area (Å²) < 4.78 is 8.69. The highest BCUT2D eigenvalue weighted by Gasteiger charge is 2.12. The predicted octanol–water partition coefficient (Wildman–Crippen LogP) is 4.27. The molecule has 0 aliphatic heterocycles. The molecule has 0 saturated heterocycles. The zero-order valence-electron chi connectivity index (χ0n) is 14.4. The van der Waals surface area contributed by atoms with Gasteiger partial charge in [0.15, 0.2) is 4.80 Å². The van der Waals surface area contributed by atoms with Crippen molar-refractivity contribution in [2.75, 3.05) is 0 Å². The van der Waals surface area contributed by atoms with Crippen LogP contribution in [0.2, 0.25) is 0 Å². The second-order valence-corrected chi connectivity index (χ2v) is 7.30. The Balaban J connectivity index is 1.70. The number of thiazole rings is 1. The first-order valence-corrected chi connectivity index (χ1v) is 8.94. The minimum atomic E-state index is -0.164. The van der Waals surface area contributed by atoms with E-state index in [0.717, 1.165) is 26.7 Å². The Hall–Kier alpha value is -2.66. The van der Waals surface area contributed by atoms with Gasteiger partial charge in [0.05, 0.1) is 22.9 Å². The van der Waals surface area contributed by atoms with Crippen LogP contribution in [0.3, 0.4) is 0 Å². The molecule has 2 heterocycles. The number of aromatic nitrogens is 1. The molecule has 1 amide bonds. The summed E-state index contributed by atoms with van der Waals surface area (Å²) >= 11 is 1.52. The Morgan fingerprint density at radius 2 is 1.96 bits per heavy atom. The van der Waals surface area contributed by atoms with Crippen molar-refractivity contribution in [1.29, 1.82) is 0 Å². The average molecular weight is 350 g/mol. The highest BCUT2D eigenvalue weighted by molar-refractivity contribution is 7.16. The lowest BCUT2D eigenvalue weighted by Gasteiger charge is -2.00. The lowest BCUT2D eigenvalue weighted by Crippen LogP contribution is -2.14. The zero-order valence-corrected chi connectivity index (χ0v) is 15.2. The molecular weight excluding hydrogens is 332 g/mol. The van der Waals surface area contributed by atoms with Gasteiger partial charge in [0.1, 0.15) is 5.58 Å². The number of hydrogen-bond acceptors (Lipinski definition) is 3. The van der Waals surface area contributed by atoms with E-state index in [9.17, 15) is 4.79 Å². The number of carbonyl (C=O) groups excluding carboxylic acids is 1. The molecule has 25 heavy (non-hydrogen) atoms. The van der Waals surface area contributed by atoms with E-state index in [-0.39, 0.29) is 12.3 Å². The van der Waals surface area contributed by atoms with Crippen LogP contribution in [0, 0.1) is 13.8 Å². The van der Waals surface area contributed by atoms with Crippen molar-refractivity contribution in [1.82, 2.24) is 4.57 Å². The minimum absolute atomic E-state index is 0.164. The Morgan fingerprint density at radius 3 is 2.76 bits per heavy atom. The lowest BCUT2D eigenvalue weighted by molar-refractivity contribution is -0.117. The van der Waals surface area contributed by atoms with E-state index in [4.69, 9.17) is 4.42 Å². The molecule has 2 aromatic heterocycles. The smallest absolute Gasteiger partial charge is 0.252 e. The molecule has 4 rings (SSSR count). The number of amides is 1. The molecule has 0 aliphatic carbocycles. The number of furan rings is 1. The van der Waals surface area contributed by atoms with Crippen LogP contribution in [-0.4, -0.2) is 10.5 Å². The maximum Gasteiger partial charge on any atom is 0.252 e. The second-order valence-electron chi connectivity index (χ2n) is 6.29. The van der Waals surface area contributed by atoms with Gasteiger partial charge in [-0.3, -0.25) is 4.79 Å². The summed E-state index contributed by atoms with van der Waals surface area (Å²) in [5, 5.41) is 0.993. The van der Waals surface area contributed by atoms with Crippen LogP contribution in [0.25, 0.3) is 21.2 Å². The standard InChI is InChI=1S/C20H18N2O2S/c1-12-8-15-14(11-24-17(15)9-13(12)2)10-19(23)21-20-22(3)16-6-4-5-7-18(16)25-20/h4-9,11H,10H2,1-3H3. The first-order chi connectivity index (χ1) is 12.0. The molecule has 0 N–H and O–H groups in total. The van der Waals surface area contributed by atoms with E-state index in [1.54, 1.807) is 6.26 Å². The van der Waals surface area contributed by atoms with E-state index in [2.05, 4.69) is 24.9 Å². The molecule has 0 radical (unpaired) electrons. The Kier molecular flexibility index (Phi) is 3.81. The van der Waals surface area contributed by atoms with Crippen molar-refractivity contribution < 1.29 is 9.21 Å². The fourth-order valence-electron chi connectivity index (χ4n) is 2.97. The topological polar surface area (TPSA) is 47.5 Å². The largest absolute Gasteiger partial charge is 0.464 e. The molecule has 2 aromatic carbocycles. The van der Waals surface area contributed by atoms with Crippen molar-refractivity contribution in [3.63, 3.8) is 0 Å².